The van der Waals surface area contributed by atoms with E-state index in [0.29, 0.717) is 11.0 Å². The van der Waals surface area contributed by atoms with Crippen molar-refractivity contribution in [3.05, 3.63) is 40.0 Å². The molecule has 0 saturated heterocycles. The van der Waals surface area contributed by atoms with E-state index in [4.69, 9.17) is 10.2 Å². The number of carbonyl (C=O) groups is 5. The molecule has 24 heavy (non-hydrogen) atoms. The molecule has 0 spiro atoms. The molecule has 3 N–H and O–H groups in total. The normalized spacial score (nSPS) is 14.3. The van der Waals surface area contributed by atoms with E-state index in [0.717, 1.165) is 6.07 Å². The van der Waals surface area contributed by atoms with Gasteiger partial charge in [-0.1, -0.05) is 0 Å². The van der Waals surface area contributed by atoms with E-state index in [-0.39, 0.29) is 11.1 Å². The van der Waals surface area contributed by atoms with Gasteiger partial charge in [0.2, 0.25) is 0 Å². The average Bonchev–Trinajstić information content (AvgIpc) is 2.69. The summed E-state index contributed by atoms with van der Waals surface area (Å²) in [5.74, 6) is -6.60. The van der Waals surface area contributed by atoms with Gasteiger partial charge in [-0.2, -0.15) is 0 Å². The molecule has 1 aromatic carbocycles. The van der Waals surface area contributed by atoms with Crippen LogP contribution in [0.1, 0.15) is 44.9 Å². The number of imide groups is 1. The number of carbonyl (C=O) groups excluding carboxylic acids is 2. The molecule has 2 amide bonds. The SMILES string of the molecule is CC1=C(C)C(=O)N(c2cc(C(=O)O)cc(C(=O)O)c2C(=O)O)C1=O. The van der Waals surface area contributed by atoms with E-state index in [9.17, 15) is 29.1 Å². The molecule has 0 bridgehead atoms. The Hall–Kier alpha value is -3.49. The van der Waals surface area contributed by atoms with Crippen LogP contribution in [0, 0.1) is 0 Å². The zero-order valence-electron chi connectivity index (χ0n) is 12.5. The number of hydrogen-bond acceptors (Lipinski definition) is 5. The van der Waals surface area contributed by atoms with Crippen molar-refractivity contribution >= 4 is 35.4 Å². The first-order chi connectivity index (χ1) is 11.1. The van der Waals surface area contributed by atoms with E-state index in [1.807, 2.05) is 0 Å². The molecule has 0 atom stereocenters. The fourth-order valence-electron chi connectivity index (χ4n) is 2.29. The first kappa shape index (κ1) is 16.9. The summed E-state index contributed by atoms with van der Waals surface area (Å²) in [5, 5.41) is 27.6. The van der Waals surface area contributed by atoms with E-state index in [1.165, 1.54) is 13.8 Å². The first-order valence-corrected chi connectivity index (χ1v) is 6.52. The number of nitrogens with zero attached hydrogens (tertiary/aromatic N) is 1. The van der Waals surface area contributed by atoms with Gasteiger partial charge in [0.1, 0.15) is 0 Å². The van der Waals surface area contributed by atoms with Gasteiger partial charge in [-0.3, -0.25) is 9.59 Å². The number of aromatic carboxylic acids is 3. The number of carboxylic acid groups (broad SMARTS) is 3. The molecule has 1 aliphatic rings. The van der Waals surface area contributed by atoms with Gasteiger partial charge >= 0.3 is 17.9 Å². The molecular formula is C15H11NO8. The highest BCUT2D eigenvalue weighted by Gasteiger charge is 2.38. The predicted molar refractivity (Wildman–Crippen MR) is 78.2 cm³/mol. The molecule has 9 nitrogen and oxygen atoms in total. The minimum Gasteiger partial charge on any atom is -0.478 e. The minimum atomic E-state index is -1.71. The van der Waals surface area contributed by atoms with E-state index in [1.54, 1.807) is 0 Å². The lowest BCUT2D eigenvalue weighted by Gasteiger charge is -2.19. The third-order valence-electron chi connectivity index (χ3n) is 3.66. The summed E-state index contributed by atoms with van der Waals surface area (Å²) in [5.41, 5.74) is -2.69. The number of amides is 2. The topological polar surface area (TPSA) is 149 Å². The Labute approximate surface area is 134 Å². The van der Waals surface area contributed by atoms with Crippen LogP contribution < -0.4 is 4.90 Å². The molecule has 1 aromatic rings. The molecular weight excluding hydrogens is 322 g/mol. The standard InChI is InChI=1S/C15H11NO8/c1-5-6(2)12(18)16(11(5)17)9-4-7(13(19)20)3-8(14(21)22)10(9)15(23)24/h3-4H,1-2H3,(H,19,20)(H,21,22)(H,23,24). The van der Waals surface area contributed by atoms with Crippen LogP contribution in [-0.2, 0) is 9.59 Å². The van der Waals surface area contributed by atoms with Crippen molar-refractivity contribution in [3.63, 3.8) is 0 Å². The van der Waals surface area contributed by atoms with Gasteiger partial charge < -0.3 is 15.3 Å². The Morgan fingerprint density at radius 2 is 1.33 bits per heavy atom. The monoisotopic (exact) mass is 333 g/mol. The summed E-state index contributed by atoms with van der Waals surface area (Å²) < 4.78 is 0. The Morgan fingerprint density at radius 3 is 1.71 bits per heavy atom. The molecule has 1 heterocycles. The van der Waals surface area contributed by atoms with Gasteiger partial charge in [0, 0.05) is 11.1 Å². The fraction of sp³-hybridized carbons (Fsp3) is 0.133. The second kappa shape index (κ2) is 5.61. The van der Waals surface area contributed by atoms with Gasteiger partial charge in [0.25, 0.3) is 11.8 Å². The van der Waals surface area contributed by atoms with Crippen molar-refractivity contribution in [1.29, 1.82) is 0 Å². The van der Waals surface area contributed by atoms with Gasteiger partial charge in [-0.15, -0.1) is 0 Å². The summed E-state index contributed by atoms with van der Waals surface area (Å²) in [6.07, 6.45) is 0. The Bertz CT molecular complexity index is 840. The Balaban J connectivity index is 2.85. The molecule has 0 unspecified atom stereocenters. The number of rotatable bonds is 4. The van der Waals surface area contributed by atoms with Crippen LogP contribution in [0.15, 0.2) is 23.3 Å². The number of carboxylic acids is 3. The molecule has 124 valence electrons. The highest BCUT2D eigenvalue weighted by molar-refractivity contribution is 6.34. The summed E-state index contributed by atoms with van der Waals surface area (Å²) >= 11 is 0. The van der Waals surface area contributed by atoms with Crippen LogP contribution in [-0.4, -0.2) is 45.0 Å². The van der Waals surface area contributed by atoms with Crippen molar-refractivity contribution in [2.24, 2.45) is 0 Å². The molecule has 0 aliphatic carbocycles. The van der Waals surface area contributed by atoms with Crippen molar-refractivity contribution in [2.45, 2.75) is 13.8 Å². The van der Waals surface area contributed by atoms with E-state index in [2.05, 4.69) is 0 Å². The number of hydrogen-bond donors (Lipinski definition) is 3. The second-order valence-electron chi connectivity index (χ2n) is 5.03. The van der Waals surface area contributed by atoms with Crippen molar-refractivity contribution in [2.75, 3.05) is 4.90 Å². The number of anilines is 1. The maximum atomic E-state index is 12.2. The van der Waals surface area contributed by atoms with E-state index < -0.39 is 52.1 Å². The smallest absolute Gasteiger partial charge is 0.338 e. The van der Waals surface area contributed by atoms with Crippen LogP contribution >= 0.6 is 0 Å². The predicted octanol–water partition coefficient (Wildman–Crippen LogP) is 0.991. The zero-order chi connectivity index (χ0) is 18.3. The molecule has 0 saturated carbocycles. The summed E-state index contributed by atoms with van der Waals surface area (Å²) in [6, 6.07) is 1.45. The molecule has 1 aliphatic heterocycles. The summed E-state index contributed by atoms with van der Waals surface area (Å²) in [4.78, 5) is 58.9. The van der Waals surface area contributed by atoms with Crippen LogP contribution in [0.2, 0.25) is 0 Å². The second-order valence-corrected chi connectivity index (χ2v) is 5.03. The largest absolute Gasteiger partial charge is 0.478 e. The average molecular weight is 333 g/mol. The maximum Gasteiger partial charge on any atom is 0.338 e. The first-order valence-electron chi connectivity index (χ1n) is 6.52. The van der Waals surface area contributed by atoms with Gasteiger partial charge in [0.05, 0.1) is 22.4 Å². The van der Waals surface area contributed by atoms with Crippen LogP contribution in [0.25, 0.3) is 0 Å². The number of benzene rings is 1. The van der Waals surface area contributed by atoms with Gasteiger partial charge in [0.15, 0.2) is 0 Å². The molecule has 2 rings (SSSR count). The van der Waals surface area contributed by atoms with Crippen molar-refractivity contribution in [3.8, 4) is 0 Å². The lowest BCUT2D eigenvalue weighted by molar-refractivity contribution is -0.120. The molecule has 0 radical (unpaired) electrons. The summed E-state index contributed by atoms with van der Waals surface area (Å²) in [7, 11) is 0. The molecule has 0 aromatic heterocycles. The lowest BCUT2D eigenvalue weighted by atomic mass is 10.00. The van der Waals surface area contributed by atoms with Crippen LogP contribution in [0.5, 0.6) is 0 Å². The van der Waals surface area contributed by atoms with Gasteiger partial charge in [-0.25, -0.2) is 19.3 Å². The highest BCUT2D eigenvalue weighted by Crippen LogP contribution is 2.32. The van der Waals surface area contributed by atoms with Crippen molar-refractivity contribution < 1.29 is 39.3 Å². The lowest BCUT2D eigenvalue weighted by Crippen LogP contribution is -2.33. The van der Waals surface area contributed by atoms with Crippen molar-refractivity contribution in [1.82, 2.24) is 0 Å². The van der Waals surface area contributed by atoms with Gasteiger partial charge in [-0.05, 0) is 26.0 Å². The van der Waals surface area contributed by atoms with Crippen LogP contribution in [0.4, 0.5) is 5.69 Å². The highest BCUT2D eigenvalue weighted by atomic mass is 16.4. The summed E-state index contributed by atoms with van der Waals surface area (Å²) in [6.45, 7) is 2.71. The maximum absolute atomic E-state index is 12.2. The minimum absolute atomic E-state index is 0.0638. The van der Waals surface area contributed by atoms with Crippen LogP contribution in [0.3, 0.4) is 0 Å². The Morgan fingerprint density at radius 1 is 0.833 bits per heavy atom. The quantitative estimate of drug-likeness (QED) is 0.690. The fourth-order valence-corrected chi connectivity index (χ4v) is 2.29. The molecule has 9 heteroatoms. The zero-order valence-corrected chi connectivity index (χ0v) is 12.5. The Kier molecular flexibility index (Phi) is 3.95. The third-order valence-corrected chi connectivity index (χ3v) is 3.66. The molecule has 0 fully saturated rings. The van der Waals surface area contributed by atoms with E-state index >= 15 is 0 Å². The third kappa shape index (κ3) is 2.41.